The smallest absolute Gasteiger partial charge is 0.208 e. The van der Waals surface area contributed by atoms with Crippen molar-refractivity contribution in [2.24, 2.45) is 0 Å². The predicted octanol–water partition coefficient (Wildman–Crippen LogP) is 3.67. The summed E-state index contributed by atoms with van der Waals surface area (Å²) in [7, 11) is 0. The zero-order chi connectivity index (χ0) is 17.1. The van der Waals surface area contributed by atoms with Gasteiger partial charge in [-0.2, -0.15) is 0 Å². The highest BCUT2D eigenvalue weighted by molar-refractivity contribution is 7.18. The second-order valence-corrected chi connectivity index (χ2v) is 7.77. The normalized spacial score (nSPS) is 19.5. The minimum atomic E-state index is 0.677. The molecule has 0 atom stereocenters. The number of hydrogen-bond acceptors (Lipinski definition) is 6. The maximum absolute atomic E-state index is 5.59. The minimum Gasteiger partial charge on any atom is -0.494 e. The number of nitrogens with zero attached hydrogens (tertiary/aromatic N) is 4. The first kappa shape index (κ1) is 16.8. The van der Waals surface area contributed by atoms with Crippen LogP contribution in [0.5, 0.6) is 5.75 Å². The third kappa shape index (κ3) is 3.80. The fourth-order valence-corrected chi connectivity index (χ4v) is 4.79. The molecule has 0 N–H and O–H groups in total. The van der Waals surface area contributed by atoms with Crippen LogP contribution in [0.1, 0.15) is 32.6 Å². The number of anilines is 1. The maximum Gasteiger partial charge on any atom is 0.208 e. The van der Waals surface area contributed by atoms with E-state index < -0.39 is 0 Å². The SMILES string of the molecule is CCOc1cccc(-c2nnc(N3CCN(C4CCCC4)CC3)s2)c1. The quantitative estimate of drug-likeness (QED) is 0.816. The van der Waals surface area contributed by atoms with Crippen LogP contribution in [0.3, 0.4) is 0 Å². The van der Waals surface area contributed by atoms with Gasteiger partial charge in [-0.3, -0.25) is 4.90 Å². The van der Waals surface area contributed by atoms with Crippen molar-refractivity contribution >= 4 is 16.5 Å². The lowest BCUT2D eigenvalue weighted by molar-refractivity contribution is 0.187. The second-order valence-electron chi connectivity index (χ2n) is 6.81. The average molecular weight is 359 g/mol. The zero-order valence-corrected chi connectivity index (χ0v) is 15.7. The minimum absolute atomic E-state index is 0.677. The molecular weight excluding hydrogens is 332 g/mol. The molecule has 0 spiro atoms. The lowest BCUT2D eigenvalue weighted by Gasteiger charge is -2.37. The topological polar surface area (TPSA) is 41.5 Å². The first-order valence-electron chi connectivity index (χ1n) is 9.39. The molecule has 1 saturated heterocycles. The summed E-state index contributed by atoms with van der Waals surface area (Å²) in [6.07, 6.45) is 5.59. The fourth-order valence-electron chi connectivity index (χ4n) is 3.89. The molecule has 1 saturated carbocycles. The monoisotopic (exact) mass is 358 g/mol. The van der Waals surface area contributed by atoms with Crippen LogP contribution in [-0.2, 0) is 0 Å². The van der Waals surface area contributed by atoms with Gasteiger partial charge in [-0.05, 0) is 31.9 Å². The van der Waals surface area contributed by atoms with Crippen LogP contribution in [-0.4, -0.2) is 53.9 Å². The van der Waals surface area contributed by atoms with E-state index in [1.165, 1.54) is 25.7 Å². The van der Waals surface area contributed by atoms with Crippen molar-refractivity contribution in [2.75, 3.05) is 37.7 Å². The van der Waals surface area contributed by atoms with Crippen molar-refractivity contribution in [1.29, 1.82) is 0 Å². The molecule has 2 heterocycles. The zero-order valence-electron chi connectivity index (χ0n) is 14.9. The summed E-state index contributed by atoms with van der Waals surface area (Å²) in [4.78, 5) is 5.07. The number of aromatic nitrogens is 2. The Hall–Kier alpha value is -1.66. The van der Waals surface area contributed by atoms with Crippen LogP contribution in [0.2, 0.25) is 0 Å². The number of benzene rings is 1. The number of hydrogen-bond donors (Lipinski definition) is 0. The van der Waals surface area contributed by atoms with Crippen LogP contribution in [0.25, 0.3) is 10.6 Å². The largest absolute Gasteiger partial charge is 0.494 e. The van der Waals surface area contributed by atoms with Crippen LogP contribution in [0.15, 0.2) is 24.3 Å². The van der Waals surface area contributed by atoms with Crippen molar-refractivity contribution < 1.29 is 4.74 Å². The molecule has 1 aliphatic carbocycles. The lowest BCUT2D eigenvalue weighted by Crippen LogP contribution is -2.49. The summed E-state index contributed by atoms with van der Waals surface area (Å²) < 4.78 is 5.59. The Morgan fingerprint density at radius 3 is 2.68 bits per heavy atom. The van der Waals surface area contributed by atoms with Crippen LogP contribution in [0.4, 0.5) is 5.13 Å². The summed E-state index contributed by atoms with van der Waals surface area (Å²) in [6.45, 7) is 7.10. The van der Waals surface area contributed by atoms with E-state index in [0.29, 0.717) is 6.61 Å². The van der Waals surface area contributed by atoms with Crippen LogP contribution >= 0.6 is 11.3 Å². The molecule has 5 nitrogen and oxygen atoms in total. The van der Waals surface area contributed by atoms with E-state index in [0.717, 1.165) is 53.7 Å². The summed E-state index contributed by atoms with van der Waals surface area (Å²) in [6, 6.07) is 8.95. The highest BCUT2D eigenvalue weighted by atomic mass is 32.1. The first-order valence-corrected chi connectivity index (χ1v) is 10.2. The third-order valence-corrected chi connectivity index (χ3v) is 6.27. The van der Waals surface area contributed by atoms with Crippen molar-refractivity contribution in [3.63, 3.8) is 0 Å². The number of piperazine rings is 1. The van der Waals surface area contributed by atoms with Gasteiger partial charge in [-0.1, -0.05) is 36.3 Å². The van der Waals surface area contributed by atoms with Gasteiger partial charge in [0.15, 0.2) is 0 Å². The maximum atomic E-state index is 5.59. The van der Waals surface area contributed by atoms with Gasteiger partial charge in [-0.25, -0.2) is 0 Å². The van der Waals surface area contributed by atoms with E-state index in [4.69, 9.17) is 4.74 Å². The Kier molecular flexibility index (Phi) is 5.17. The Labute approximate surface area is 153 Å². The van der Waals surface area contributed by atoms with Crippen LogP contribution < -0.4 is 9.64 Å². The van der Waals surface area contributed by atoms with E-state index in [2.05, 4.69) is 26.1 Å². The Bertz CT molecular complexity index is 690. The highest BCUT2D eigenvalue weighted by Crippen LogP contribution is 2.32. The molecule has 1 aromatic heterocycles. The van der Waals surface area contributed by atoms with E-state index in [9.17, 15) is 0 Å². The Morgan fingerprint density at radius 1 is 1.12 bits per heavy atom. The van der Waals surface area contributed by atoms with Gasteiger partial charge in [-0.15, -0.1) is 10.2 Å². The molecule has 2 aromatic rings. The van der Waals surface area contributed by atoms with Gasteiger partial charge in [0.25, 0.3) is 0 Å². The Morgan fingerprint density at radius 2 is 1.92 bits per heavy atom. The van der Waals surface area contributed by atoms with Crippen molar-refractivity contribution in [2.45, 2.75) is 38.6 Å². The third-order valence-electron chi connectivity index (χ3n) is 5.23. The van der Waals surface area contributed by atoms with Crippen molar-refractivity contribution in [1.82, 2.24) is 15.1 Å². The molecule has 134 valence electrons. The first-order chi connectivity index (χ1) is 12.3. The Balaban J connectivity index is 1.41. The molecule has 25 heavy (non-hydrogen) atoms. The number of rotatable bonds is 5. The van der Waals surface area contributed by atoms with Gasteiger partial charge >= 0.3 is 0 Å². The molecule has 1 aromatic carbocycles. The second kappa shape index (κ2) is 7.70. The summed E-state index contributed by atoms with van der Waals surface area (Å²) in [5.41, 5.74) is 1.08. The standard InChI is InChI=1S/C19H26N4OS/c1-2-24-17-9-5-6-15(14-17)18-20-21-19(25-18)23-12-10-22(11-13-23)16-7-3-4-8-16/h5-6,9,14,16H,2-4,7-8,10-13H2,1H3. The molecule has 2 fully saturated rings. The molecule has 0 amide bonds. The predicted molar refractivity (Wildman–Crippen MR) is 103 cm³/mol. The molecule has 0 bridgehead atoms. The van der Waals surface area contributed by atoms with Gasteiger partial charge in [0, 0.05) is 37.8 Å². The van der Waals surface area contributed by atoms with Gasteiger partial charge < -0.3 is 9.64 Å². The van der Waals surface area contributed by atoms with Gasteiger partial charge in [0.2, 0.25) is 5.13 Å². The molecule has 0 radical (unpaired) electrons. The molecule has 1 aliphatic heterocycles. The molecule has 4 rings (SSSR count). The molecule has 0 unspecified atom stereocenters. The van der Waals surface area contributed by atoms with Gasteiger partial charge in [0.1, 0.15) is 10.8 Å². The van der Waals surface area contributed by atoms with Gasteiger partial charge in [0.05, 0.1) is 6.61 Å². The van der Waals surface area contributed by atoms with Crippen molar-refractivity contribution in [3.05, 3.63) is 24.3 Å². The molecule has 6 heteroatoms. The number of ether oxygens (including phenoxy) is 1. The van der Waals surface area contributed by atoms with E-state index in [1.54, 1.807) is 11.3 Å². The summed E-state index contributed by atoms with van der Waals surface area (Å²) in [5.74, 6) is 0.891. The summed E-state index contributed by atoms with van der Waals surface area (Å²) in [5, 5.41) is 10.9. The molecular formula is C19H26N4OS. The van der Waals surface area contributed by atoms with E-state index in [-0.39, 0.29) is 0 Å². The van der Waals surface area contributed by atoms with E-state index in [1.807, 2.05) is 25.1 Å². The highest BCUT2D eigenvalue weighted by Gasteiger charge is 2.27. The van der Waals surface area contributed by atoms with E-state index >= 15 is 0 Å². The van der Waals surface area contributed by atoms with Crippen molar-refractivity contribution in [3.8, 4) is 16.3 Å². The fraction of sp³-hybridized carbons (Fsp3) is 0.579. The lowest BCUT2D eigenvalue weighted by atomic mass is 10.2. The molecule has 2 aliphatic rings. The average Bonchev–Trinajstić information content (AvgIpc) is 3.35. The summed E-state index contributed by atoms with van der Waals surface area (Å²) >= 11 is 1.68. The van der Waals surface area contributed by atoms with Crippen LogP contribution in [0, 0.1) is 0 Å².